The van der Waals surface area contributed by atoms with Crippen LogP contribution < -0.4 is 0 Å². The summed E-state index contributed by atoms with van der Waals surface area (Å²) in [5, 5.41) is 9.12. The third-order valence-corrected chi connectivity index (χ3v) is 5.03. The molecule has 0 aromatic heterocycles. The Bertz CT molecular complexity index is 600. The van der Waals surface area contributed by atoms with Gasteiger partial charge in [-0.1, -0.05) is 18.7 Å². The molecule has 0 bridgehead atoms. The molecule has 24 heavy (non-hydrogen) atoms. The number of carbonyl (C=O) groups is 3. The van der Waals surface area contributed by atoms with Crippen LogP contribution in [0.2, 0.25) is 6.04 Å². The van der Waals surface area contributed by atoms with Crippen LogP contribution in [0.25, 0.3) is 0 Å². The lowest BCUT2D eigenvalue weighted by Gasteiger charge is -2.16. The second kappa shape index (κ2) is 10.3. The number of esters is 1. The molecular formula is C16H20O7Si. The van der Waals surface area contributed by atoms with Crippen LogP contribution in [0.1, 0.15) is 34.1 Å². The fourth-order valence-electron chi connectivity index (χ4n) is 1.87. The maximum atomic E-state index is 12.2. The zero-order chi connectivity index (χ0) is 17.9. The van der Waals surface area contributed by atoms with Crippen molar-refractivity contribution in [2.24, 2.45) is 0 Å². The van der Waals surface area contributed by atoms with Crippen LogP contribution in [0.4, 0.5) is 0 Å². The number of hydrogen-bond donors (Lipinski definition) is 1. The molecule has 0 amide bonds. The summed E-state index contributed by atoms with van der Waals surface area (Å²) in [5.41, 5.74) is -0.132. The van der Waals surface area contributed by atoms with E-state index in [-0.39, 0.29) is 17.7 Å². The smallest absolute Gasteiger partial charge is 0.385 e. The summed E-state index contributed by atoms with van der Waals surface area (Å²) >= 11 is 0. The van der Waals surface area contributed by atoms with Crippen molar-refractivity contribution in [2.45, 2.75) is 19.4 Å². The average Bonchev–Trinajstić information content (AvgIpc) is 2.58. The van der Waals surface area contributed by atoms with Crippen LogP contribution >= 0.6 is 0 Å². The number of ether oxygens (including phenoxy) is 1. The fourth-order valence-corrected chi connectivity index (χ4v) is 3.46. The Morgan fingerprint density at radius 2 is 1.92 bits per heavy atom. The molecule has 0 aliphatic carbocycles. The molecule has 0 spiro atoms. The Morgan fingerprint density at radius 3 is 2.50 bits per heavy atom. The number of carboxylic acids is 1. The molecular weight excluding hydrogens is 332 g/mol. The van der Waals surface area contributed by atoms with E-state index in [2.05, 4.69) is 6.58 Å². The monoisotopic (exact) mass is 352 g/mol. The summed E-state index contributed by atoms with van der Waals surface area (Å²) in [4.78, 5) is 34.3. The SMILES string of the molecule is C=CC(=O)OCCC[SiH](OCC)OC(=O)c1ccccc1C(=O)O. The largest absolute Gasteiger partial charge is 0.493 e. The topological polar surface area (TPSA) is 99.1 Å². The van der Waals surface area contributed by atoms with Gasteiger partial charge < -0.3 is 18.7 Å². The van der Waals surface area contributed by atoms with Gasteiger partial charge in [0.15, 0.2) is 0 Å². The Hall–Kier alpha value is -2.45. The quantitative estimate of drug-likeness (QED) is 0.297. The molecule has 1 N–H and O–H groups in total. The number of aromatic carboxylic acids is 1. The van der Waals surface area contributed by atoms with E-state index < -0.39 is 27.2 Å². The molecule has 0 aliphatic heterocycles. The molecule has 0 fully saturated rings. The van der Waals surface area contributed by atoms with Crippen molar-refractivity contribution in [1.29, 1.82) is 0 Å². The zero-order valence-corrected chi connectivity index (χ0v) is 14.6. The summed E-state index contributed by atoms with van der Waals surface area (Å²) in [5.74, 6) is -2.44. The van der Waals surface area contributed by atoms with Crippen molar-refractivity contribution in [3.05, 3.63) is 48.0 Å². The van der Waals surface area contributed by atoms with Gasteiger partial charge in [-0.15, -0.1) is 0 Å². The van der Waals surface area contributed by atoms with Crippen molar-refractivity contribution < 1.29 is 33.1 Å². The van der Waals surface area contributed by atoms with Gasteiger partial charge in [-0.05, 0) is 25.5 Å². The van der Waals surface area contributed by atoms with Crippen LogP contribution in [0.3, 0.4) is 0 Å². The highest BCUT2D eigenvalue weighted by atomic mass is 28.3. The van der Waals surface area contributed by atoms with E-state index in [0.29, 0.717) is 19.1 Å². The van der Waals surface area contributed by atoms with Crippen LogP contribution in [0.5, 0.6) is 0 Å². The summed E-state index contributed by atoms with van der Waals surface area (Å²) in [6.07, 6.45) is 1.55. The molecule has 1 aromatic carbocycles. The van der Waals surface area contributed by atoms with Gasteiger partial charge in [0, 0.05) is 18.7 Å². The highest BCUT2D eigenvalue weighted by Gasteiger charge is 2.23. The van der Waals surface area contributed by atoms with Crippen molar-refractivity contribution in [2.75, 3.05) is 13.2 Å². The van der Waals surface area contributed by atoms with Crippen LogP contribution in [0.15, 0.2) is 36.9 Å². The van der Waals surface area contributed by atoms with E-state index in [9.17, 15) is 14.4 Å². The highest BCUT2D eigenvalue weighted by Crippen LogP contribution is 2.13. The summed E-state index contributed by atoms with van der Waals surface area (Å²) in [6, 6.07) is 6.28. The van der Waals surface area contributed by atoms with Crippen molar-refractivity contribution in [3.8, 4) is 0 Å². The van der Waals surface area contributed by atoms with Gasteiger partial charge in [-0.2, -0.15) is 0 Å². The van der Waals surface area contributed by atoms with Crippen molar-refractivity contribution >= 4 is 27.2 Å². The molecule has 0 saturated heterocycles. The van der Waals surface area contributed by atoms with Gasteiger partial charge in [-0.25, -0.2) is 14.4 Å². The maximum Gasteiger partial charge on any atom is 0.385 e. The molecule has 8 heteroatoms. The molecule has 1 unspecified atom stereocenters. The Balaban J connectivity index is 2.64. The second-order valence-corrected chi connectivity index (χ2v) is 6.66. The first-order chi connectivity index (χ1) is 11.5. The normalized spacial score (nSPS) is 11.4. The molecule has 0 saturated carbocycles. The van der Waals surface area contributed by atoms with E-state index in [4.69, 9.17) is 18.7 Å². The summed E-state index contributed by atoms with van der Waals surface area (Å²) in [6.45, 7) is 5.61. The molecule has 1 aromatic rings. The molecule has 130 valence electrons. The lowest BCUT2D eigenvalue weighted by Crippen LogP contribution is -2.27. The molecule has 7 nitrogen and oxygen atoms in total. The molecule has 0 radical (unpaired) electrons. The lowest BCUT2D eigenvalue weighted by atomic mass is 10.1. The van der Waals surface area contributed by atoms with E-state index in [1.807, 2.05) is 0 Å². The highest BCUT2D eigenvalue weighted by molar-refractivity contribution is 6.47. The third kappa shape index (κ3) is 6.35. The van der Waals surface area contributed by atoms with Crippen molar-refractivity contribution in [3.63, 3.8) is 0 Å². The van der Waals surface area contributed by atoms with E-state index in [1.165, 1.54) is 18.2 Å². The first-order valence-electron chi connectivity index (χ1n) is 7.43. The van der Waals surface area contributed by atoms with E-state index >= 15 is 0 Å². The first kappa shape index (κ1) is 19.6. The molecule has 0 heterocycles. The van der Waals surface area contributed by atoms with Crippen LogP contribution in [-0.4, -0.2) is 45.5 Å². The predicted molar refractivity (Wildman–Crippen MR) is 88.2 cm³/mol. The number of carboxylic acid groups (broad SMARTS) is 1. The average molecular weight is 352 g/mol. The fraction of sp³-hybridized carbons (Fsp3) is 0.312. The number of carbonyl (C=O) groups excluding carboxylic acids is 2. The second-order valence-electron chi connectivity index (χ2n) is 4.65. The molecule has 1 atom stereocenters. The molecule has 0 aliphatic rings. The maximum absolute atomic E-state index is 12.2. The standard InChI is InChI=1S/C16H20O7Si/c1-3-14(17)21-10-7-11-24(22-4-2)23-16(20)13-9-6-5-8-12(13)15(18)19/h3,5-6,8-9,24H,1,4,7,10-11H2,2H3,(H,18,19). The minimum atomic E-state index is -2.34. The van der Waals surface area contributed by atoms with Crippen LogP contribution in [0, 0.1) is 0 Å². The van der Waals surface area contributed by atoms with Gasteiger partial charge in [0.2, 0.25) is 0 Å². The van der Waals surface area contributed by atoms with Gasteiger partial charge in [0.1, 0.15) is 0 Å². The first-order valence-corrected chi connectivity index (χ1v) is 9.19. The number of benzene rings is 1. The minimum absolute atomic E-state index is 0.0136. The predicted octanol–water partition coefficient (Wildman–Crippen LogP) is 1.92. The summed E-state index contributed by atoms with van der Waals surface area (Å²) in [7, 11) is -2.34. The Labute approximate surface area is 141 Å². The zero-order valence-electron chi connectivity index (χ0n) is 13.4. The van der Waals surface area contributed by atoms with Crippen LogP contribution in [-0.2, 0) is 18.4 Å². The molecule has 1 rings (SSSR count). The van der Waals surface area contributed by atoms with E-state index in [1.54, 1.807) is 13.0 Å². The van der Waals surface area contributed by atoms with Gasteiger partial charge in [0.05, 0.1) is 17.7 Å². The van der Waals surface area contributed by atoms with Gasteiger partial charge in [0.25, 0.3) is 0 Å². The van der Waals surface area contributed by atoms with E-state index in [0.717, 1.165) is 6.08 Å². The van der Waals surface area contributed by atoms with Gasteiger partial charge in [-0.3, -0.25) is 0 Å². The number of rotatable bonds is 10. The van der Waals surface area contributed by atoms with Crippen molar-refractivity contribution in [1.82, 2.24) is 0 Å². The third-order valence-electron chi connectivity index (χ3n) is 2.96. The van der Waals surface area contributed by atoms with Gasteiger partial charge >= 0.3 is 27.2 Å². The Kier molecular flexibility index (Phi) is 8.45. The minimum Gasteiger partial charge on any atom is -0.493 e. The summed E-state index contributed by atoms with van der Waals surface area (Å²) < 4.78 is 15.7. The number of hydrogen-bond acceptors (Lipinski definition) is 6. The lowest BCUT2D eigenvalue weighted by molar-refractivity contribution is -0.137. The Morgan fingerprint density at radius 1 is 1.25 bits per heavy atom.